The van der Waals surface area contributed by atoms with E-state index in [1.165, 1.54) is 6.33 Å². The number of anilines is 1. The number of imidazole rings is 1. The van der Waals surface area contributed by atoms with E-state index in [1.807, 2.05) is 24.3 Å². The molecule has 2 N–H and O–H groups in total. The third kappa shape index (κ3) is 1.64. The van der Waals surface area contributed by atoms with E-state index in [-0.39, 0.29) is 5.91 Å². The molecule has 1 aliphatic heterocycles. The van der Waals surface area contributed by atoms with Gasteiger partial charge in [0.25, 0.3) is 0 Å². The van der Waals surface area contributed by atoms with Gasteiger partial charge >= 0.3 is 0 Å². The van der Waals surface area contributed by atoms with Crippen LogP contribution in [0.5, 0.6) is 0 Å². The van der Waals surface area contributed by atoms with Crippen LogP contribution in [0.2, 0.25) is 0 Å². The van der Waals surface area contributed by atoms with Crippen molar-refractivity contribution in [1.82, 2.24) is 9.97 Å². The molecule has 0 saturated carbocycles. The van der Waals surface area contributed by atoms with Crippen LogP contribution in [-0.4, -0.2) is 15.9 Å². The van der Waals surface area contributed by atoms with Crippen LogP contribution in [-0.2, 0) is 11.2 Å². The molecule has 2 aromatic rings. The number of rotatable bonds is 1. The number of fused-ring (bicyclic) bond motifs is 1. The molecule has 1 aliphatic rings. The Morgan fingerprint density at radius 1 is 1.33 bits per heavy atom. The lowest BCUT2D eigenvalue weighted by Crippen LogP contribution is -2.18. The monoisotopic (exact) mass is 238 g/mol. The van der Waals surface area contributed by atoms with E-state index in [4.69, 9.17) is 5.26 Å². The molecule has 0 spiro atoms. The molecule has 1 aromatic heterocycles. The van der Waals surface area contributed by atoms with E-state index in [9.17, 15) is 4.79 Å². The summed E-state index contributed by atoms with van der Waals surface area (Å²) in [7, 11) is 0. The Morgan fingerprint density at radius 2 is 2.22 bits per heavy atom. The van der Waals surface area contributed by atoms with Crippen LogP contribution in [0.25, 0.3) is 11.3 Å². The van der Waals surface area contributed by atoms with Gasteiger partial charge in [0.05, 0.1) is 12.0 Å². The van der Waals surface area contributed by atoms with Gasteiger partial charge in [-0.25, -0.2) is 4.98 Å². The van der Waals surface area contributed by atoms with Crippen molar-refractivity contribution in [3.8, 4) is 17.3 Å². The molecule has 0 aliphatic carbocycles. The molecule has 3 rings (SSSR count). The third-order valence-corrected chi connectivity index (χ3v) is 3.03. The summed E-state index contributed by atoms with van der Waals surface area (Å²) in [6, 6.07) is 7.78. The maximum absolute atomic E-state index is 11.3. The summed E-state index contributed by atoms with van der Waals surface area (Å²) in [4.78, 5) is 18.2. The van der Waals surface area contributed by atoms with Crippen LogP contribution in [0.4, 0.5) is 5.69 Å². The number of H-pyrrole nitrogens is 1. The van der Waals surface area contributed by atoms with Crippen molar-refractivity contribution < 1.29 is 4.79 Å². The van der Waals surface area contributed by atoms with Gasteiger partial charge in [-0.05, 0) is 24.1 Å². The number of amides is 1. The van der Waals surface area contributed by atoms with E-state index >= 15 is 0 Å². The zero-order valence-electron chi connectivity index (χ0n) is 9.53. The summed E-state index contributed by atoms with van der Waals surface area (Å²) in [5.74, 6) is 0.0505. The highest BCUT2D eigenvalue weighted by atomic mass is 16.1. The molecule has 88 valence electrons. The first-order valence-corrected chi connectivity index (χ1v) is 5.64. The summed E-state index contributed by atoms with van der Waals surface area (Å²) < 4.78 is 0. The summed E-state index contributed by atoms with van der Waals surface area (Å²) in [6.07, 6.45) is 2.74. The fourth-order valence-electron chi connectivity index (χ4n) is 2.14. The number of nitrogens with zero attached hydrogens (tertiary/aromatic N) is 2. The first-order valence-electron chi connectivity index (χ1n) is 5.64. The summed E-state index contributed by atoms with van der Waals surface area (Å²) in [5.41, 5.74) is 3.96. The second kappa shape index (κ2) is 4.00. The molecule has 0 saturated heterocycles. The third-order valence-electron chi connectivity index (χ3n) is 3.03. The number of carbonyl (C=O) groups excluding carboxylic acids is 1. The predicted octanol–water partition coefficient (Wildman–Crippen LogP) is 1.83. The van der Waals surface area contributed by atoms with Crippen molar-refractivity contribution in [2.45, 2.75) is 12.8 Å². The minimum absolute atomic E-state index is 0.0505. The highest BCUT2D eigenvalue weighted by molar-refractivity contribution is 5.94. The van der Waals surface area contributed by atoms with Gasteiger partial charge in [0.15, 0.2) is 5.69 Å². The Hall–Kier alpha value is -2.61. The lowest BCUT2D eigenvalue weighted by atomic mass is 9.99. The van der Waals surface area contributed by atoms with Gasteiger partial charge in [0, 0.05) is 17.7 Å². The number of hydrogen-bond acceptors (Lipinski definition) is 3. The molecule has 1 amide bonds. The number of nitriles is 1. The average molecular weight is 238 g/mol. The zero-order chi connectivity index (χ0) is 12.5. The number of benzene rings is 1. The fourth-order valence-corrected chi connectivity index (χ4v) is 2.14. The van der Waals surface area contributed by atoms with Crippen molar-refractivity contribution in [2.75, 3.05) is 5.32 Å². The molecule has 18 heavy (non-hydrogen) atoms. The predicted molar refractivity (Wildman–Crippen MR) is 65.7 cm³/mol. The van der Waals surface area contributed by atoms with Crippen LogP contribution >= 0.6 is 0 Å². The molecule has 0 atom stereocenters. The second-order valence-corrected chi connectivity index (χ2v) is 4.16. The molecule has 1 aromatic carbocycles. The van der Waals surface area contributed by atoms with Gasteiger partial charge in [-0.3, -0.25) is 4.79 Å². The molecule has 5 nitrogen and oxygen atoms in total. The maximum Gasteiger partial charge on any atom is 0.224 e. The number of aromatic amines is 1. The average Bonchev–Trinajstić information content (AvgIpc) is 2.86. The minimum atomic E-state index is 0.0505. The zero-order valence-corrected chi connectivity index (χ0v) is 9.53. The molecule has 5 heteroatoms. The quantitative estimate of drug-likeness (QED) is 0.795. The van der Waals surface area contributed by atoms with Gasteiger partial charge < -0.3 is 10.3 Å². The smallest absolute Gasteiger partial charge is 0.224 e. The molecular formula is C13H10N4O. The normalized spacial score (nSPS) is 13.6. The van der Waals surface area contributed by atoms with Crippen LogP contribution in [0, 0.1) is 11.3 Å². The van der Waals surface area contributed by atoms with E-state index in [0.29, 0.717) is 12.1 Å². The lowest BCUT2D eigenvalue weighted by molar-refractivity contribution is -0.116. The SMILES string of the molecule is N#Cc1nc[nH]c1-c1ccc2c(c1)CCC(=O)N2. The molecule has 0 bridgehead atoms. The van der Waals surface area contributed by atoms with Crippen molar-refractivity contribution in [3.05, 3.63) is 35.8 Å². The first-order chi connectivity index (χ1) is 8.78. The topological polar surface area (TPSA) is 81.6 Å². The maximum atomic E-state index is 11.3. The van der Waals surface area contributed by atoms with E-state index in [2.05, 4.69) is 15.3 Å². The molecule has 2 heterocycles. The van der Waals surface area contributed by atoms with E-state index in [0.717, 1.165) is 28.9 Å². The van der Waals surface area contributed by atoms with Crippen LogP contribution < -0.4 is 5.32 Å². The summed E-state index contributed by atoms with van der Waals surface area (Å²) in [6.45, 7) is 0. The second-order valence-electron chi connectivity index (χ2n) is 4.16. The number of hydrogen-bond donors (Lipinski definition) is 2. The van der Waals surface area contributed by atoms with Gasteiger partial charge in [-0.15, -0.1) is 0 Å². The Morgan fingerprint density at radius 3 is 3.06 bits per heavy atom. The molecular weight excluding hydrogens is 228 g/mol. The van der Waals surface area contributed by atoms with Gasteiger partial charge in [-0.1, -0.05) is 6.07 Å². The van der Waals surface area contributed by atoms with Crippen molar-refractivity contribution in [3.63, 3.8) is 0 Å². The Labute approximate surface area is 103 Å². The molecule has 0 fully saturated rings. The Balaban J connectivity index is 2.06. The van der Waals surface area contributed by atoms with Gasteiger partial charge in [0.1, 0.15) is 6.07 Å². The number of carbonyl (C=O) groups is 1. The van der Waals surface area contributed by atoms with Gasteiger partial charge in [-0.2, -0.15) is 5.26 Å². The molecule has 0 unspecified atom stereocenters. The minimum Gasteiger partial charge on any atom is -0.343 e. The van der Waals surface area contributed by atoms with Crippen molar-refractivity contribution >= 4 is 11.6 Å². The number of aromatic nitrogens is 2. The van der Waals surface area contributed by atoms with Crippen LogP contribution in [0.3, 0.4) is 0 Å². The van der Waals surface area contributed by atoms with Crippen molar-refractivity contribution in [2.24, 2.45) is 0 Å². The standard InChI is InChI=1S/C13H10N4O/c14-6-11-13(16-7-15-11)9-1-3-10-8(5-9)2-4-12(18)17-10/h1,3,5,7H,2,4H2,(H,15,16)(H,17,18). The highest BCUT2D eigenvalue weighted by Gasteiger charge is 2.16. The van der Waals surface area contributed by atoms with Gasteiger partial charge in [0.2, 0.25) is 5.91 Å². The van der Waals surface area contributed by atoms with E-state index < -0.39 is 0 Å². The van der Waals surface area contributed by atoms with Crippen molar-refractivity contribution in [1.29, 1.82) is 5.26 Å². The highest BCUT2D eigenvalue weighted by Crippen LogP contribution is 2.28. The lowest BCUT2D eigenvalue weighted by Gasteiger charge is -2.17. The van der Waals surface area contributed by atoms with Crippen LogP contribution in [0.1, 0.15) is 17.7 Å². The summed E-state index contributed by atoms with van der Waals surface area (Å²) in [5, 5.41) is 11.8. The fraction of sp³-hybridized carbons (Fsp3) is 0.154. The number of nitrogens with one attached hydrogen (secondary N) is 2. The molecule has 0 radical (unpaired) electrons. The van der Waals surface area contributed by atoms with E-state index in [1.54, 1.807) is 0 Å². The van der Waals surface area contributed by atoms with Crippen LogP contribution in [0.15, 0.2) is 24.5 Å². The number of aryl methyl sites for hydroxylation is 1. The summed E-state index contributed by atoms with van der Waals surface area (Å²) >= 11 is 0. The Kier molecular flexibility index (Phi) is 2.34. The largest absolute Gasteiger partial charge is 0.343 e. The Bertz CT molecular complexity index is 666. The first kappa shape index (κ1) is 10.5.